The molecule has 0 saturated carbocycles. The number of hydrogen-bond donors (Lipinski definition) is 0. The van der Waals surface area contributed by atoms with E-state index in [9.17, 15) is 18.0 Å². The van der Waals surface area contributed by atoms with Gasteiger partial charge in [0.05, 0.1) is 10.9 Å². The van der Waals surface area contributed by atoms with Gasteiger partial charge in [-0.3, -0.25) is 4.79 Å². The second-order valence-electron chi connectivity index (χ2n) is 3.47. The van der Waals surface area contributed by atoms with Crippen molar-refractivity contribution < 1.29 is 18.0 Å². The Labute approximate surface area is 110 Å². The van der Waals surface area contributed by atoms with Crippen LogP contribution in [0.3, 0.4) is 0 Å². The minimum absolute atomic E-state index is 0.0277. The van der Waals surface area contributed by atoms with Crippen LogP contribution < -0.4 is 0 Å². The average molecular weight is 330 g/mol. The molecule has 0 aliphatic carbocycles. The highest BCUT2D eigenvalue weighted by Crippen LogP contribution is 2.33. The van der Waals surface area contributed by atoms with Gasteiger partial charge < -0.3 is 0 Å². The topological polar surface area (TPSA) is 17.1 Å². The highest BCUT2D eigenvalue weighted by Gasteiger charge is 2.33. The quantitative estimate of drug-likeness (QED) is 0.765. The Hall–Kier alpha value is -0.550. The molecule has 1 nitrogen and oxygen atoms in total. The van der Waals surface area contributed by atoms with Crippen LogP contribution in [0.1, 0.15) is 16.7 Å². The molecule has 0 spiro atoms. The van der Waals surface area contributed by atoms with Gasteiger partial charge in [0, 0.05) is 12.3 Å². The van der Waals surface area contributed by atoms with Gasteiger partial charge in [-0.05, 0) is 17.2 Å². The van der Waals surface area contributed by atoms with Crippen molar-refractivity contribution in [1.29, 1.82) is 0 Å². The third kappa shape index (κ3) is 4.00. The fourth-order valence-corrected chi connectivity index (χ4v) is 1.78. The van der Waals surface area contributed by atoms with E-state index in [-0.39, 0.29) is 29.0 Å². The zero-order valence-corrected chi connectivity index (χ0v) is 11.0. The second kappa shape index (κ2) is 5.87. The van der Waals surface area contributed by atoms with Crippen LogP contribution in [0.25, 0.3) is 0 Å². The van der Waals surface area contributed by atoms with E-state index in [1.165, 1.54) is 12.1 Å². The third-order valence-corrected chi connectivity index (χ3v) is 3.10. The van der Waals surface area contributed by atoms with E-state index in [0.717, 1.165) is 6.07 Å². The van der Waals surface area contributed by atoms with Gasteiger partial charge in [-0.2, -0.15) is 13.2 Å². The van der Waals surface area contributed by atoms with Gasteiger partial charge in [0.2, 0.25) is 0 Å². The van der Waals surface area contributed by atoms with Gasteiger partial charge in [-0.25, -0.2) is 0 Å². The Morgan fingerprint density at radius 2 is 2.00 bits per heavy atom. The molecule has 0 unspecified atom stereocenters. The number of carbonyl (C=O) groups is 1. The normalized spacial score (nSPS) is 11.6. The average Bonchev–Trinajstić information content (AvgIpc) is 2.27. The van der Waals surface area contributed by atoms with Crippen LogP contribution in [-0.4, -0.2) is 11.1 Å². The number of halogens is 5. The molecule has 0 amide bonds. The molecule has 0 bridgehead atoms. The van der Waals surface area contributed by atoms with Crippen molar-refractivity contribution in [2.45, 2.75) is 18.5 Å². The van der Waals surface area contributed by atoms with Crippen LogP contribution in [-0.2, 0) is 23.3 Å². The summed E-state index contributed by atoms with van der Waals surface area (Å²) in [6.07, 6.45) is -4.70. The van der Waals surface area contributed by atoms with Crippen LogP contribution in [0, 0.1) is 0 Å². The molecule has 0 fully saturated rings. The monoisotopic (exact) mass is 328 g/mol. The molecule has 1 aromatic rings. The van der Waals surface area contributed by atoms with Crippen LogP contribution in [0.5, 0.6) is 0 Å². The second-order valence-corrected chi connectivity index (χ2v) is 4.30. The molecular weight excluding hydrogens is 320 g/mol. The molecule has 0 N–H and O–H groups in total. The van der Waals surface area contributed by atoms with Crippen molar-refractivity contribution in [2.24, 2.45) is 0 Å². The number of alkyl halides is 5. The SMILES string of the molecule is O=C(CBr)Cc1cc(CCl)ccc1C(F)(F)F. The highest BCUT2D eigenvalue weighted by molar-refractivity contribution is 9.09. The lowest BCUT2D eigenvalue weighted by molar-refractivity contribution is -0.138. The van der Waals surface area contributed by atoms with Crippen molar-refractivity contribution in [3.05, 3.63) is 34.9 Å². The summed E-state index contributed by atoms with van der Waals surface area (Å²) in [5.41, 5.74) is -0.238. The Bertz CT molecular complexity index is 418. The molecule has 1 aromatic carbocycles. The van der Waals surface area contributed by atoms with Crippen LogP contribution in [0.15, 0.2) is 18.2 Å². The smallest absolute Gasteiger partial charge is 0.298 e. The summed E-state index contributed by atoms with van der Waals surface area (Å²) in [6, 6.07) is 3.61. The minimum atomic E-state index is -4.45. The summed E-state index contributed by atoms with van der Waals surface area (Å²) in [6.45, 7) is 0. The van der Waals surface area contributed by atoms with Gasteiger partial charge in [0.1, 0.15) is 5.78 Å². The maximum Gasteiger partial charge on any atom is 0.416 e. The van der Waals surface area contributed by atoms with E-state index < -0.39 is 11.7 Å². The zero-order valence-electron chi connectivity index (χ0n) is 8.65. The molecule has 0 saturated heterocycles. The fourth-order valence-electron chi connectivity index (χ4n) is 1.41. The van der Waals surface area contributed by atoms with Crippen molar-refractivity contribution >= 4 is 33.3 Å². The van der Waals surface area contributed by atoms with E-state index in [2.05, 4.69) is 15.9 Å². The number of carbonyl (C=O) groups excluding carboxylic acids is 1. The standard InChI is InChI=1S/C11H9BrClF3O/c12-5-9(17)4-8-3-7(6-13)1-2-10(8)11(14,15)16/h1-3H,4-6H2. The summed E-state index contributed by atoms with van der Waals surface area (Å²) in [5.74, 6) is -0.185. The Morgan fingerprint density at radius 3 is 2.47 bits per heavy atom. The summed E-state index contributed by atoms with van der Waals surface area (Å²) >= 11 is 8.49. The van der Waals surface area contributed by atoms with E-state index >= 15 is 0 Å². The van der Waals surface area contributed by atoms with E-state index in [1.807, 2.05) is 0 Å². The molecule has 1 rings (SSSR count). The van der Waals surface area contributed by atoms with Gasteiger partial charge >= 0.3 is 6.18 Å². The van der Waals surface area contributed by atoms with Crippen molar-refractivity contribution in [3.63, 3.8) is 0 Å². The highest BCUT2D eigenvalue weighted by atomic mass is 79.9. The maximum absolute atomic E-state index is 12.7. The lowest BCUT2D eigenvalue weighted by atomic mass is 10.00. The predicted octanol–water partition coefficient (Wildman–Crippen LogP) is 3.95. The van der Waals surface area contributed by atoms with Gasteiger partial charge in [-0.1, -0.05) is 28.1 Å². The zero-order chi connectivity index (χ0) is 13.1. The number of ketones is 1. The summed E-state index contributed by atoms with van der Waals surface area (Å²) < 4.78 is 38.0. The van der Waals surface area contributed by atoms with E-state index in [0.29, 0.717) is 5.56 Å². The fraction of sp³-hybridized carbons (Fsp3) is 0.364. The Kier molecular flexibility index (Phi) is 5.01. The number of hydrogen-bond acceptors (Lipinski definition) is 1. The maximum atomic E-state index is 12.7. The van der Waals surface area contributed by atoms with E-state index in [1.54, 1.807) is 0 Å². The van der Waals surface area contributed by atoms with Crippen molar-refractivity contribution in [3.8, 4) is 0 Å². The molecule has 6 heteroatoms. The molecule has 0 atom stereocenters. The first-order valence-electron chi connectivity index (χ1n) is 4.71. The molecule has 0 radical (unpaired) electrons. The lowest BCUT2D eigenvalue weighted by Crippen LogP contribution is -2.13. The minimum Gasteiger partial charge on any atom is -0.298 e. The number of benzene rings is 1. The Morgan fingerprint density at radius 1 is 1.35 bits per heavy atom. The first kappa shape index (κ1) is 14.5. The molecule has 17 heavy (non-hydrogen) atoms. The number of Topliss-reactive ketones (excluding diaryl/α,β-unsaturated/α-hetero) is 1. The molecule has 0 aromatic heterocycles. The van der Waals surface area contributed by atoms with Gasteiger partial charge in [-0.15, -0.1) is 11.6 Å². The molecule has 0 aliphatic rings. The van der Waals surface area contributed by atoms with Gasteiger partial charge in [0.25, 0.3) is 0 Å². The summed E-state index contributed by atoms with van der Waals surface area (Å²) in [7, 11) is 0. The van der Waals surface area contributed by atoms with Gasteiger partial charge in [0.15, 0.2) is 0 Å². The molecule has 0 aliphatic heterocycles. The first-order chi connectivity index (χ1) is 7.88. The Balaban J connectivity index is 3.16. The van der Waals surface area contributed by atoms with Crippen LogP contribution >= 0.6 is 27.5 Å². The van der Waals surface area contributed by atoms with E-state index in [4.69, 9.17) is 11.6 Å². The number of rotatable bonds is 4. The third-order valence-electron chi connectivity index (χ3n) is 2.17. The van der Waals surface area contributed by atoms with Crippen molar-refractivity contribution in [2.75, 3.05) is 5.33 Å². The summed E-state index contributed by atoms with van der Waals surface area (Å²) in [5, 5.41) is 0.0371. The predicted molar refractivity (Wildman–Crippen MR) is 63.5 cm³/mol. The molecular formula is C11H9BrClF3O. The van der Waals surface area contributed by atoms with Crippen LogP contribution in [0.4, 0.5) is 13.2 Å². The largest absolute Gasteiger partial charge is 0.416 e. The lowest BCUT2D eigenvalue weighted by Gasteiger charge is -2.13. The first-order valence-corrected chi connectivity index (χ1v) is 6.36. The van der Waals surface area contributed by atoms with Crippen LogP contribution in [0.2, 0.25) is 0 Å². The molecule has 0 heterocycles. The van der Waals surface area contributed by atoms with Crippen molar-refractivity contribution in [1.82, 2.24) is 0 Å². The summed E-state index contributed by atoms with van der Waals surface area (Å²) in [4.78, 5) is 11.2. The molecule has 94 valence electrons.